The zero-order chi connectivity index (χ0) is 14.7. The van der Waals surface area contributed by atoms with Crippen LogP contribution in [-0.2, 0) is 4.79 Å². The number of carbonyl (C=O) groups is 2. The van der Waals surface area contributed by atoms with Crippen LogP contribution < -0.4 is 5.32 Å². The molecule has 1 atom stereocenters. The van der Waals surface area contributed by atoms with Crippen molar-refractivity contribution < 1.29 is 19.1 Å². The van der Waals surface area contributed by atoms with Gasteiger partial charge in [0.15, 0.2) is 0 Å². The van der Waals surface area contributed by atoms with Crippen molar-refractivity contribution in [2.75, 3.05) is 5.32 Å². The van der Waals surface area contributed by atoms with Crippen LogP contribution in [0.2, 0.25) is 0 Å². The lowest BCUT2D eigenvalue weighted by atomic mass is 10.2. The summed E-state index contributed by atoms with van der Waals surface area (Å²) in [6.07, 6.45) is 3.18. The minimum atomic E-state index is -1.36. The highest BCUT2D eigenvalue weighted by atomic mass is 19.1. The van der Waals surface area contributed by atoms with Crippen molar-refractivity contribution in [1.29, 1.82) is 0 Å². The number of amides is 1. The molecular formula is C13H12FN3O3. The standard InChI is InChI=1S/C13H12FN3O3/c1-8(17-6-2-5-15-17)12(18)16-9-3-4-10(13(19)20)11(14)7-9/h2-8H,1H3,(H,16,18)(H,19,20). The molecule has 104 valence electrons. The maximum Gasteiger partial charge on any atom is 0.338 e. The Morgan fingerprint density at radius 3 is 2.75 bits per heavy atom. The first kappa shape index (κ1) is 13.7. The highest BCUT2D eigenvalue weighted by molar-refractivity contribution is 5.94. The number of nitrogens with one attached hydrogen (secondary N) is 1. The molecule has 2 rings (SSSR count). The first-order valence-electron chi connectivity index (χ1n) is 5.82. The molecule has 20 heavy (non-hydrogen) atoms. The maximum absolute atomic E-state index is 13.5. The number of aromatic nitrogens is 2. The van der Waals surface area contributed by atoms with E-state index < -0.39 is 23.4 Å². The largest absolute Gasteiger partial charge is 0.478 e. The predicted molar refractivity (Wildman–Crippen MR) is 68.9 cm³/mol. The number of benzene rings is 1. The molecule has 7 heteroatoms. The van der Waals surface area contributed by atoms with Gasteiger partial charge in [-0.3, -0.25) is 9.48 Å². The first-order valence-corrected chi connectivity index (χ1v) is 5.82. The Hall–Kier alpha value is -2.70. The van der Waals surface area contributed by atoms with Gasteiger partial charge in [-0.05, 0) is 31.2 Å². The van der Waals surface area contributed by atoms with Gasteiger partial charge in [-0.15, -0.1) is 0 Å². The zero-order valence-corrected chi connectivity index (χ0v) is 10.6. The third kappa shape index (κ3) is 2.82. The SMILES string of the molecule is CC(C(=O)Nc1ccc(C(=O)O)c(F)c1)n1cccn1. The summed E-state index contributed by atoms with van der Waals surface area (Å²) in [7, 11) is 0. The van der Waals surface area contributed by atoms with E-state index in [2.05, 4.69) is 10.4 Å². The quantitative estimate of drug-likeness (QED) is 0.894. The first-order chi connectivity index (χ1) is 9.49. The van der Waals surface area contributed by atoms with Crippen LogP contribution in [0.3, 0.4) is 0 Å². The molecule has 0 radical (unpaired) electrons. The van der Waals surface area contributed by atoms with Crippen molar-refractivity contribution in [2.45, 2.75) is 13.0 Å². The molecule has 1 unspecified atom stereocenters. The van der Waals surface area contributed by atoms with E-state index in [-0.39, 0.29) is 11.6 Å². The average molecular weight is 277 g/mol. The molecule has 6 nitrogen and oxygen atoms in total. The second-order valence-electron chi connectivity index (χ2n) is 4.15. The number of carboxylic acids is 1. The highest BCUT2D eigenvalue weighted by Crippen LogP contribution is 2.16. The minimum Gasteiger partial charge on any atom is -0.478 e. The fourth-order valence-corrected chi connectivity index (χ4v) is 1.64. The molecule has 2 N–H and O–H groups in total. The Labute approximate surface area is 113 Å². The lowest BCUT2D eigenvalue weighted by Gasteiger charge is -2.13. The molecule has 0 saturated heterocycles. The van der Waals surface area contributed by atoms with Gasteiger partial charge >= 0.3 is 5.97 Å². The fraction of sp³-hybridized carbons (Fsp3) is 0.154. The predicted octanol–water partition coefficient (Wildman–Crippen LogP) is 1.92. The van der Waals surface area contributed by atoms with E-state index in [1.165, 1.54) is 10.7 Å². The Kier molecular flexibility index (Phi) is 3.79. The van der Waals surface area contributed by atoms with E-state index in [4.69, 9.17) is 5.11 Å². The van der Waals surface area contributed by atoms with Crippen LogP contribution in [0.25, 0.3) is 0 Å². The molecule has 0 spiro atoms. The molecule has 2 aromatic rings. The van der Waals surface area contributed by atoms with E-state index in [0.29, 0.717) is 0 Å². The number of hydrogen-bond donors (Lipinski definition) is 2. The van der Waals surface area contributed by atoms with Crippen molar-refractivity contribution in [3.63, 3.8) is 0 Å². The van der Waals surface area contributed by atoms with Gasteiger partial charge in [-0.2, -0.15) is 5.10 Å². The highest BCUT2D eigenvalue weighted by Gasteiger charge is 2.16. The van der Waals surface area contributed by atoms with Crippen LogP contribution >= 0.6 is 0 Å². The van der Waals surface area contributed by atoms with Crippen LogP contribution in [0.15, 0.2) is 36.7 Å². The molecule has 1 heterocycles. The third-order valence-electron chi connectivity index (χ3n) is 2.77. The number of hydrogen-bond acceptors (Lipinski definition) is 3. The van der Waals surface area contributed by atoms with E-state index in [9.17, 15) is 14.0 Å². The maximum atomic E-state index is 13.5. The van der Waals surface area contributed by atoms with Gasteiger partial charge in [-0.25, -0.2) is 9.18 Å². The average Bonchev–Trinajstić information content (AvgIpc) is 2.91. The van der Waals surface area contributed by atoms with Crippen molar-refractivity contribution in [3.8, 4) is 0 Å². The number of halogens is 1. The van der Waals surface area contributed by atoms with Gasteiger partial charge in [-0.1, -0.05) is 0 Å². The number of rotatable bonds is 4. The Morgan fingerprint density at radius 1 is 1.45 bits per heavy atom. The molecule has 0 bridgehead atoms. The topological polar surface area (TPSA) is 84.2 Å². The Balaban J connectivity index is 2.12. The van der Waals surface area contributed by atoms with E-state index >= 15 is 0 Å². The number of carbonyl (C=O) groups excluding carboxylic acids is 1. The normalized spacial score (nSPS) is 11.9. The van der Waals surface area contributed by atoms with Gasteiger partial charge in [0.1, 0.15) is 11.9 Å². The number of carboxylic acid groups (broad SMARTS) is 1. The third-order valence-corrected chi connectivity index (χ3v) is 2.77. The van der Waals surface area contributed by atoms with Crippen LogP contribution in [0.4, 0.5) is 10.1 Å². The summed E-state index contributed by atoms with van der Waals surface area (Å²) >= 11 is 0. The number of anilines is 1. The molecule has 0 aliphatic carbocycles. The van der Waals surface area contributed by atoms with Crippen molar-refractivity contribution in [2.24, 2.45) is 0 Å². The van der Waals surface area contributed by atoms with Crippen molar-refractivity contribution in [3.05, 3.63) is 48.0 Å². The van der Waals surface area contributed by atoms with Gasteiger partial charge in [0.2, 0.25) is 5.91 Å². The molecular weight excluding hydrogens is 265 g/mol. The lowest BCUT2D eigenvalue weighted by Crippen LogP contribution is -2.24. The second-order valence-corrected chi connectivity index (χ2v) is 4.15. The Morgan fingerprint density at radius 2 is 2.20 bits per heavy atom. The number of nitrogens with zero attached hydrogens (tertiary/aromatic N) is 2. The van der Waals surface area contributed by atoms with Gasteiger partial charge in [0.25, 0.3) is 0 Å². The van der Waals surface area contributed by atoms with Crippen LogP contribution in [0.1, 0.15) is 23.3 Å². The summed E-state index contributed by atoms with van der Waals surface area (Å²) in [4.78, 5) is 22.6. The Bertz CT molecular complexity index is 640. The van der Waals surface area contributed by atoms with E-state index in [1.54, 1.807) is 25.4 Å². The fourth-order valence-electron chi connectivity index (χ4n) is 1.64. The van der Waals surface area contributed by atoms with Gasteiger partial charge in [0.05, 0.1) is 5.56 Å². The lowest BCUT2D eigenvalue weighted by molar-refractivity contribution is -0.119. The summed E-state index contributed by atoms with van der Waals surface area (Å²) in [5, 5.41) is 15.2. The molecule has 1 aromatic carbocycles. The summed E-state index contributed by atoms with van der Waals surface area (Å²) in [6, 6.07) is 4.53. The van der Waals surface area contributed by atoms with E-state index in [0.717, 1.165) is 12.1 Å². The van der Waals surface area contributed by atoms with Crippen LogP contribution in [-0.4, -0.2) is 26.8 Å². The molecule has 0 aliphatic rings. The van der Waals surface area contributed by atoms with E-state index in [1.807, 2.05) is 0 Å². The summed E-state index contributed by atoms with van der Waals surface area (Å²) < 4.78 is 14.9. The molecule has 0 saturated carbocycles. The monoisotopic (exact) mass is 277 g/mol. The van der Waals surface area contributed by atoms with Gasteiger partial charge < -0.3 is 10.4 Å². The zero-order valence-electron chi connectivity index (χ0n) is 10.6. The van der Waals surface area contributed by atoms with Crippen molar-refractivity contribution in [1.82, 2.24) is 9.78 Å². The molecule has 1 amide bonds. The molecule has 0 fully saturated rings. The molecule has 1 aromatic heterocycles. The second kappa shape index (κ2) is 5.52. The summed E-state index contributed by atoms with van der Waals surface area (Å²) in [5.74, 6) is -2.64. The minimum absolute atomic E-state index is 0.191. The van der Waals surface area contributed by atoms with Gasteiger partial charge in [0, 0.05) is 18.1 Å². The van der Waals surface area contributed by atoms with Crippen molar-refractivity contribution >= 4 is 17.6 Å². The molecule has 0 aliphatic heterocycles. The van der Waals surface area contributed by atoms with Crippen LogP contribution in [0.5, 0.6) is 0 Å². The number of aromatic carboxylic acids is 1. The summed E-state index contributed by atoms with van der Waals surface area (Å²) in [5.41, 5.74) is -0.250. The smallest absolute Gasteiger partial charge is 0.338 e. The van der Waals surface area contributed by atoms with Crippen LogP contribution in [0, 0.1) is 5.82 Å². The summed E-state index contributed by atoms with van der Waals surface area (Å²) in [6.45, 7) is 1.64.